The van der Waals surface area contributed by atoms with Crippen LogP contribution in [0.5, 0.6) is 0 Å². The minimum Gasteiger partial charge on any atom is -0.379 e. The maximum atomic E-state index is 12.1. The summed E-state index contributed by atoms with van der Waals surface area (Å²) in [6, 6.07) is 4.55. The molecule has 7 N–H and O–H groups in total. The fourth-order valence-electron chi connectivity index (χ4n) is 4.60. The molecule has 202 valence electrons. The molecule has 1 rings (SSSR count). The summed E-state index contributed by atoms with van der Waals surface area (Å²) in [6.07, 6.45) is 17.3. The van der Waals surface area contributed by atoms with Crippen molar-refractivity contribution in [2.24, 2.45) is 17.2 Å². The Labute approximate surface area is 217 Å². The van der Waals surface area contributed by atoms with Gasteiger partial charge in [-0.05, 0) is 49.6 Å². The molecule has 0 radical (unpaired) electrons. The van der Waals surface area contributed by atoms with Gasteiger partial charge in [-0.3, -0.25) is 9.59 Å². The molecule has 1 aromatic rings. The van der Waals surface area contributed by atoms with Crippen LogP contribution in [0.4, 0.5) is 0 Å². The summed E-state index contributed by atoms with van der Waals surface area (Å²) in [5.74, 6) is 0.387. The second-order valence-corrected chi connectivity index (χ2v) is 9.70. The third kappa shape index (κ3) is 12.4. The van der Waals surface area contributed by atoms with Crippen LogP contribution in [-0.4, -0.2) is 30.8 Å². The van der Waals surface area contributed by atoms with E-state index >= 15 is 0 Å². The van der Waals surface area contributed by atoms with E-state index in [9.17, 15) is 14.4 Å². The third-order valence-electron chi connectivity index (χ3n) is 6.73. The summed E-state index contributed by atoms with van der Waals surface area (Å²) in [5.41, 5.74) is 18.2. The van der Waals surface area contributed by atoms with Crippen molar-refractivity contribution in [3.63, 3.8) is 0 Å². The average molecular weight is 501 g/mol. The van der Waals surface area contributed by atoms with Crippen LogP contribution in [0.3, 0.4) is 0 Å². The molecule has 0 aromatic heterocycles. The Morgan fingerprint density at radius 3 is 1.92 bits per heavy atom. The summed E-state index contributed by atoms with van der Waals surface area (Å²) in [6.45, 7) is 3.43. The Bertz CT molecular complexity index is 834. The van der Waals surface area contributed by atoms with E-state index in [1.807, 2.05) is 5.94 Å². The summed E-state index contributed by atoms with van der Waals surface area (Å²) in [5, 5.41) is 3.24. The Balaban J connectivity index is 2.61. The van der Waals surface area contributed by atoms with Crippen molar-refractivity contribution in [1.29, 1.82) is 0 Å². The minimum absolute atomic E-state index is 0.269. The number of unbranched alkanes of at least 4 members (excludes halogenated alkanes) is 12. The van der Waals surface area contributed by atoms with Crippen molar-refractivity contribution in [3.05, 3.63) is 40.6 Å². The highest BCUT2D eigenvalue weighted by Crippen LogP contribution is 2.31. The second-order valence-electron chi connectivity index (χ2n) is 9.70. The van der Waals surface area contributed by atoms with Gasteiger partial charge in [0.15, 0.2) is 0 Å². The van der Waals surface area contributed by atoms with E-state index in [1.54, 1.807) is 6.07 Å². The first-order chi connectivity index (χ1) is 17.5. The van der Waals surface area contributed by atoms with Crippen LogP contribution in [0.15, 0.2) is 23.9 Å². The van der Waals surface area contributed by atoms with Crippen molar-refractivity contribution in [3.8, 4) is 0 Å². The molecule has 0 saturated carbocycles. The monoisotopic (exact) mass is 500 g/mol. The average Bonchev–Trinajstić information content (AvgIpc) is 2.87. The number of rotatable bonds is 22. The van der Waals surface area contributed by atoms with Gasteiger partial charge in [-0.15, -0.1) is 0 Å². The number of allylic oxidation sites excluding steroid dienone is 1. The zero-order valence-corrected chi connectivity index (χ0v) is 22.3. The predicted octanol–water partition coefficient (Wildman–Crippen LogP) is 5.10. The lowest BCUT2D eigenvalue weighted by Gasteiger charge is -2.22. The Kier molecular flexibility index (Phi) is 17.0. The van der Waals surface area contributed by atoms with Crippen LogP contribution in [0.25, 0.3) is 0 Å². The molecule has 1 atom stereocenters. The predicted molar refractivity (Wildman–Crippen MR) is 147 cm³/mol. The lowest BCUT2D eigenvalue weighted by molar-refractivity contribution is 0.0987. The number of nitrogens with one attached hydrogen (secondary N) is 1. The molecule has 1 aromatic carbocycles. The highest BCUT2D eigenvalue weighted by Gasteiger charge is 2.24. The topological polar surface area (TPSA) is 141 Å². The van der Waals surface area contributed by atoms with E-state index in [0.29, 0.717) is 30.8 Å². The van der Waals surface area contributed by atoms with Crippen molar-refractivity contribution in [2.45, 2.75) is 109 Å². The van der Waals surface area contributed by atoms with Gasteiger partial charge in [0, 0.05) is 23.6 Å². The molecule has 0 fully saturated rings. The van der Waals surface area contributed by atoms with E-state index in [-0.39, 0.29) is 11.1 Å². The molecule has 2 amide bonds. The maximum Gasteiger partial charge on any atom is 0.249 e. The quantitative estimate of drug-likeness (QED) is 0.129. The summed E-state index contributed by atoms with van der Waals surface area (Å²) in [4.78, 5) is 35.8. The van der Waals surface area contributed by atoms with Crippen LogP contribution < -0.4 is 22.5 Å². The van der Waals surface area contributed by atoms with Crippen LogP contribution >= 0.6 is 0 Å². The molecular weight excluding hydrogens is 452 g/mol. The molecule has 0 aliphatic carbocycles. The van der Waals surface area contributed by atoms with Gasteiger partial charge < -0.3 is 22.5 Å². The second kappa shape index (κ2) is 19.5. The zero-order valence-electron chi connectivity index (χ0n) is 22.3. The minimum atomic E-state index is -0.615. The Morgan fingerprint density at radius 2 is 1.42 bits per heavy atom. The van der Waals surface area contributed by atoms with Gasteiger partial charge in [0.1, 0.15) is 11.6 Å². The number of hydrogen-bond donors (Lipinski definition) is 4. The highest BCUT2D eigenvalue weighted by atomic mass is 16.1. The van der Waals surface area contributed by atoms with Gasteiger partial charge in [-0.25, -0.2) is 4.79 Å². The van der Waals surface area contributed by atoms with E-state index in [4.69, 9.17) is 17.2 Å². The first-order valence-electron chi connectivity index (χ1n) is 13.9. The molecule has 7 heteroatoms. The van der Waals surface area contributed by atoms with Gasteiger partial charge in [0.05, 0.1) is 0 Å². The summed E-state index contributed by atoms with van der Waals surface area (Å²) in [7, 11) is 0. The lowest BCUT2D eigenvalue weighted by Crippen LogP contribution is -2.25. The molecule has 0 bridgehead atoms. The molecule has 0 saturated heterocycles. The number of hydrogen-bond acceptors (Lipinski definition) is 5. The van der Waals surface area contributed by atoms with E-state index in [0.717, 1.165) is 25.7 Å². The van der Waals surface area contributed by atoms with Crippen LogP contribution in [-0.2, 0) is 4.79 Å². The Morgan fingerprint density at radius 1 is 0.833 bits per heavy atom. The standard InChI is InChI=1S/C29H48N4O3/c1-2-3-4-5-6-7-8-9-10-11-12-15-20-33-27(22-34)24(16-13-14-19-30)26-21-23(28(31)35)17-18-25(26)29(32)36/h17-18,21,24,33H,2-16,19-20,30H2,1H3,(H2,31,35)(H2,32,36). The van der Waals surface area contributed by atoms with Crippen molar-refractivity contribution in [1.82, 2.24) is 5.32 Å². The number of benzene rings is 1. The van der Waals surface area contributed by atoms with E-state index in [2.05, 4.69) is 12.2 Å². The number of nitrogens with two attached hydrogens (primary N) is 3. The molecule has 1 unspecified atom stereocenters. The van der Waals surface area contributed by atoms with E-state index < -0.39 is 17.7 Å². The molecule has 7 nitrogen and oxygen atoms in total. The van der Waals surface area contributed by atoms with Crippen molar-refractivity contribution in [2.75, 3.05) is 13.1 Å². The SMILES string of the molecule is CCCCCCCCCCCCCCNC(=C=O)C(CCCCN)c1cc(C(N)=O)ccc1C(N)=O. The lowest BCUT2D eigenvalue weighted by atomic mass is 9.86. The molecular formula is C29H48N4O3. The first kappa shape index (κ1) is 31.4. The largest absolute Gasteiger partial charge is 0.379 e. The smallest absolute Gasteiger partial charge is 0.249 e. The van der Waals surface area contributed by atoms with Crippen molar-refractivity contribution < 1.29 is 14.4 Å². The van der Waals surface area contributed by atoms with Gasteiger partial charge in [0.2, 0.25) is 11.8 Å². The van der Waals surface area contributed by atoms with Crippen LogP contribution in [0, 0.1) is 0 Å². The zero-order chi connectivity index (χ0) is 26.6. The normalized spacial score (nSPS) is 11.6. The van der Waals surface area contributed by atoms with Crippen LogP contribution in [0.2, 0.25) is 0 Å². The third-order valence-corrected chi connectivity index (χ3v) is 6.73. The van der Waals surface area contributed by atoms with Crippen molar-refractivity contribution >= 4 is 17.8 Å². The van der Waals surface area contributed by atoms with Gasteiger partial charge in [-0.2, -0.15) is 0 Å². The van der Waals surface area contributed by atoms with E-state index in [1.165, 1.54) is 76.3 Å². The molecule has 0 aliphatic rings. The molecule has 36 heavy (non-hydrogen) atoms. The van der Waals surface area contributed by atoms with Gasteiger partial charge in [-0.1, -0.05) is 84.0 Å². The van der Waals surface area contributed by atoms with Gasteiger partial charge >= 0.3 is 0 Å². The van der Waals surface area contributed by atoms with Crippen LogP contribution in [0.1, 0.15) is 135 Å². The summed E-state index contributed by atoms with van der Waals surface area (Å²) < 4.78 is 0. The number of primary amides is 2. The molecule has 0 heterocycles. The molecule has 0 spiro atoms. The molecule has 0 aliphatic heterocycles. The summed E-state index contributed by atoms with van der Waals surface area (Å²) >= 11 is 0. The maximum absolute atomic E-state index is 12.1. The highest BCUT2D eigenvalue weighted by molar-refractivity contribution is 5.98. The first-order valence-corrected chi connectivity index (χ1v) is 13.9. The number of carbonyl (C=O) groups excluding carboxylic acids is 3. The van der Waals surface area contributed by atoms with Gasteiger partial charge in [0.25, 0.3) is 0 Å². The number of carbonyl (C=O) groups is 2. The Hall–Kier alpha value is -2.63. The fraction of sp³-hybridized carbons (Fsp3) is 0.655. The number of amides is 2. The fourth-order valence-corrected chi connectivity index (χ4v) is 4.60.